The van der Waals surface area contributed by atoms with Gasteiger partial charge in [-0.2, -0.15) is 0 Å². The third kappa shape index (κ3) is 6.25. The first-order chi connectivity index (χ1) is 14.6. The fourth-order valence-electron chi connectivity index (χ4n) is 4.52. The maximum absolute atomic E-state index is 13.3. The summed E-state index contributed by atoms with van der Waals surface area (Å²) >= 11 is 11.9. The first kappa shape index (κ1) is 23.2. The van der Waals surface area contributed by atoms with E-state index in [1.165, 1.54) is 30.4 Å². The summed E-state index contributed by atoms with van der Waals surface area (Å²) in [6.07, 6.45) is 9.08. The van der Waals surface area contributed by atoms with Crippen molar-refractivity contribution in [3.8, 4) is 0 Å². The molecule has 162 valence electrons. The zero-order valence-corrected chi connectivity index (χ0v) is 19.5. The topological polar surface area (TPSA) is 20.3 Å². The van der Waals surface area contributed by atoms with Crippen LogP contribution in [0.25, 0.3) is 0 Å². The predicted octanol–water partition coefficient (Wildman–Crippen LogP) is 7.83. The van der Waals surface area contributed by atoms with Gasteiger partial charge in [-0.25, -0.2) is 0 Å². The smallest absolute Gasteiger partial charge is 0.254 e. The Hall–Kier alpha value is -1.51. The van der Waals surface area contributed by atoms with E-state index < -0.39 is 0 Å². The Kier molecular flexibility index (Phi) is 9.08. The molecule has 4 heteroatoms. The molecule has 0 heterocycles. The highest BCUT2D eigenvalue weighted by Gasteiger charge is 2.29. The number of hydrogen-bond donors (Lipinski definition) is 0. The second-order valence-electron chi connectivity index (χ2n) is 8.45. The molecule has 0 spiro atoms. The first-order valence-electron chi connectivity index (χ1n) is 11.3. The molecule has 1 fully saturated rings. The molecule has 0 aliphatic heterocycles. The molecule has 1 aliphatic rings. The molecule has 0 N–H and O–H groups in total. The van der Waals surface area contributed by atoms with Crippen molar-refractivity contribution in [2.45, 2.75) is 76.1 Å². The Labute approximate surface area is 191 Å². The first-order valence-corrected chi connectivity index (χ1v) is 12.2. The van der Waals surface area contributed by atoms with Crippen LogP contribution in [0.1, 0.15) is 85.7 Å². The van der Waals surface area contributed by atoms with Crippen molar-refractivity contribution < 1.29 is 4.79 Å². The number of halogens is 2. The van der Waals surface area contributed by atoms with Crippen LogP contribution in [-0.4, -0.2) is 23.4 Å². The fraction of sp³-hybridized carbons (Fsp3) is 0.500. The summed E-state index contributed by atoms with van der Waals surface area (Å²) < 4.78 is 0. The van der Waals surface area contributed by atoms with Crippen LogP contribution in [0.2, 0.25) is 5.02 Å². The molecule has 0 bridgehead atoms. The van der Waals surface area contributed by atoms with Crippen molar-refractivity contribution in [1.29, 1.82) is 0 Å². The number of unbranched alkanes of at least 4 members (excludes halogenated alkanes) is 3. The average molecular weight is 446 g/mol. The Bertz CT molecular complexity index is 780. The number of carbonyl (C=O) groups excluding carboxylic acids is 1. The normalized spacial score (nSPS) is 18.9. The van der Waals surface area contributed by atoms with Gasteiger partial charge in [-0.05, 0) is 73.4 Å². The summed E-state index contributed by atoms with van der Waals surface area (Å²) in [6, 6.07) is 16.4. The molecule has 0 atom stereocenters. The zero-order valence-electron chi connectivity index (χ0n) is 18.0. The summed E-state index contributed by atoms with van der Waals surface area (Å²) in [5.41, 5.74) is 3.32. The van der Waals surface area contributed by atoms with Crippen molar-refractivity contribution in [1.82, 2.24) is 4.90 Å². The molecular formula is C26H33Cl2NO. The van der Waals surface area contributed by atoms with Gasteiger partial charge in [0.1, 0.15) is 0 Å². The van der Waals surface area contributed by atoms with E-state index in [4.69, 9.17) is 23.2 Å². The van der Waals surface area contributed by atoms with Crippen molar-refractivity contribution in [3.63, 3.8) is 0 Å². The third-order valence-corrected chi connectivity index (χ3v) is 6.91. The number of amides is 1. The van der Waals surface area contributed by atoms with Gasteiger partial charge in [-0.1, -0.05) is 62.1 Å². The van der Waals surface area contributed by atoms with Crippen molar-refractivity contribution in [2.24, 2.45) is 0 Å². The van der Waals surface area contributed by atoms with E-state index in [1.807, 2.05) is 24.3 Å². The number of carbonyl (C=O) groups is 1. The summed E-state index contributed by atoms with van der Waals surface area (Å²) in [7, 11) is 0. The Morgan fingerprint density at radius 3 is 2.20 bits per heavy atom. The number of benzene rings is 2. The SMILES string of the molecule is CCCCCCN(C(=O)c1ccc(Cl)cc1)[C@H]1CC[C@H](c2ccc(CCl)cc2)CC1. The van der Waals surface area contributed by atoms with E-state index in [9.17, 15) is 4.79 Å². The standard InChI is InChI=1S/C26H33Cl2NO/c1-2-3-4-5-18-29(26(30)23-10-14-24(28)15-11-23)25-16-12-22(13-17-25)21-8-6-20(19-27)7-9-21/h6-11,14-15,22,25H,2-5,12-13,16-19H2,1H3/t22-,25-. The van der Waals surface area contributed by atoms with Gasteiger partial charge in [0.25, 0.3) is 5.91 Å². The van der Waals surface area contributed by atoms with Crippen LogP contribution in [0.15, 0.2) is 48.5 Å². The summed E-state index contributed by atoms with van der Waals surface area (Å²) in [4.78, 5) is 15.5. The summed E-state index contributed by atoms with van der Waals surface area (Å²) in [5.74, 6) is 1.29. The number of nitrogens with zero attached hydrogens (tertiary/aromatic N) is 1. The van der Waals surface area contributed by atoms with Gasteiger partial charge in [-0.15, -0.1) is 11.6 Å². The zero-order chi connectivity index (χ0) is 21.3. The van der Waals surface area contributed by atoms with Crippen LogP contribution >= 0.6 is 23.2 Å². The number of hydrogen-bond acceptors (Lipinski definition) is 1. The van der Waals surface area contributed by atoms with E-state index in [0.29, 0.717) is 22.9 Å². The van der Waals surface area contributed by atoms with E-state index in [2.05, 4.69) is 36.1 Å². The molecule has 2 nitrogen and oxygen atoms in total. The molecule has 30 heavy (non-hydrogen) atoms. The lowest BCUT2D eigenvalue weighted by atomic mass is 9.81. The maximum atomic E-state index is 13.3. The Morgan fingerprint density at radius 1 is 0.933 bits per heavy atom. The van der Waals surface area contributed by atoms with E-state index in [-0.39, 0.29) is 5.91 Å². The highest BCUT2D eigenvalue weighted by molar-refractivity contribution is 6.30. The maximum Gasteiger partial charge on any atom is 0.254 e. The molecule has 0 saturated heterocycles. The van der Waals surface area contributed by atoms with Crippen LogP contribution in [0.5, 0.6) is 0 Å². The third-order valence-electron chi connectivity index (χ3n) is 6.35. The van der Waals surface area contributed by atoms with Crippen molar-refractivity contribution in [2.75, 3.05) is 6.54 Å². The lowest BCUT2D eigenvalue weighted by Gasteiger charge is -2.37. The van der Waals surface area contributed by atoms with Gasteiger partial charge < -0.3 is 4.90 Å². The van der Waals surface area contributed by atoms with Crippen molar-refractivity contribution >= 4 is 29.1 Å². The van der Waals surface area contributed by atoms with Gasteiger partial charge in [-0.3, -0.25) is 4.79 Å². The molecule has 1 saturated carbocycles. The van der Waals surface area contributed by atoms with Crippen molar-refractivity contribution in [3.05, 3.63) is 70.2 Å². The van der Waals surface area contributed by atoms with Gasteiger partial charge in [0.05, 0.1) is 0 Å². The quantitative estimate of drug-likeness (QED) is 0.284. The Balaban J connectivity index is 1.65. The van der Waals surface area contributed by atoms with E-state index >= 15 is 0 Å². The largest absolute Gasteiger partial charge is 0.336 e. The minimum atomic E-state index is 0.151. The summed E-state index contributed by atoms with van der Waals surface area (Å²) in [5, 5.41) is 0.668. The molecule has 1 aliphatic carbocycles. The molecule has 2 aromatic rings. The molecular weight excluding hydrogens is 413 g/mol. The van der Waals surface area contributed by atoms with Crippen LogP contribution in [-0.2, 0) is 5.88 Å². The molecule has 0 unspecified atom stereocenters. The van der Waals surface area contributed by atoms with E-state index in [1.54, 1.807) is 0 Å². The Morgan fingerprint density at radius 2 is 1.60 bits per heavy atom. The van der Waals surface area contributed by atoms with Gasteiger partial charge >= 0.3 is 0 Å². The second kappa shape index (κ2) is 11.8. The molecule has 0 radical (unpaired) electrons. The molecule has 2 aromatic carbocycles. The van der Waals surface area contributed by atoms with Gasteiger partial charge in [0, 0.05) is 29.1 Å². The van der Waals surface area contributed by atoms with Gasteiger partial charge in [0.15, 0.2) is 0 Å². The van der Waals surface area contributed by atoms with Gasteiger partial charge in [0.2, 0.25) is 0 Å². The number of rotatable bonds is 9. The molecule has 0 aromatic heterocycles. The van der Waals surface area contributed by atoms with E-state index in [0.717, 1.165) is 44.2 Å². The summed E-state index contributed by atoms with van der Waals surface area (Å²) in [6.45, 7) is 3.07. The highest BCUT2D eigenvalue weighted by Crippen LogP contribution is 2.35. The monoisotopic (exact) mass is 445 g/mol. The van der Waals surface area contributed by atoms with Crippen LogP contribution < -0.4 is 0 Å². The minimum Gasteiger partial charge on any atom is -0.336 e. The average Bonchev–Trinajstić information content (AvgIpc) is 2.79. The fourth-order valence-corrected chi connectivity index (χ4v) is 4.82. The van der Waals surface area contributed by atoms with Crippen LogP contribution in [0.3, 0.4) is 0 Å². The lowest BCUT2D eigenvalue weighted by molar-refractivity contribution is 0.0621. The minimum absolute atomic E-state index is 0.151. The van der Waals surface area contributed by atoms with Crippen LogP contribution in [0.4, 0.5) is 0 Å². The lowest BCUT2D eigenvalue weighted by Crippen LogP contribution is -2.42. The predicted molar refractivity (Wildman–Crippen MR) is 128 cm³/mol. The van der Waals surface area contributed by atoms with Crippen LogP contribution in [0, 0.1) is 0 Å². The highest BCUT2D eigenvalue weighted by atomic mass is 35.5. The number of alkyl halides is 1. The second-order valence-corrected chi connectivity index (χ2v) is 9.15. The molecule has 3 rings (SSSR count). The molecule has 1 amide bonds.